The largest absolute Gasteiger partial charge is 0.454 e. The van der Waals surface area contributed by atoms with Crippen LogP contribution in [0.2, 0.25) is 0 Å². The van der Waals surface area contributed by atoms with Crippen molar-refractivity contribution in [2.75, 3.05) is 48.6 Å². The average Bonchev–Trinajstić information content (AvgIpc) is 3.44. The van der Waals surface area contributed by atoms with Crippen molar-refractivity contribution in [1.29, 1.82) is 0 Å². The van der Waals surface area contributed by atoms with Crippen molar-refractivity contribution >= 4 is 39.4 Å². The molecule has 5 rings (SSSR count). The molecular formula is C21H20N4O4S. The molecule has 30 heavy (non-hydrogen) atoms. The van der Waals surface area contributed by atoms with Crippen LogP contribution in [0.4, 0.5) is 22.2 Å². The predicted octanol–water partition coefficient (Wildman–Crippen LogP) is 3.70. The minimum absolute atomic E-state index is 0.196. The second-order valence-corrected chi connectivity index (χ2v) is 7.69. The monoisotopic (exact) mass is 424 g/mol. The van der Waals surface area contributed by atoms with Crippen molar-refractivity contribution in [2.45, 2.75) is 0 Å². The lowest BCUT2D eigenvalue weighted by Crippen LogP contribution is -2.36. The number of rotatable bonds is 5. The van der Waals surface area contributed by atoms with E-state index in [0.717, 1.165) is 32.0 Å². The third kappa shape index (κ3) is 4.03. The van der Waals surface area contributed by atoms with Gasteiger partial charge in [-0.25, -0.2) is 4.98 Å². The van der Waals surface area contributed by atoms with Crippen LogP contribution in [0.25, 0.3) is 0 Å². The highest BCUT2D eigenvalue weighted by Gasteiger charge is 2.16. The van der Waals surface area contributed by atoms with E-state index in [0.29, 0.717) is 28.0 Å². The topological polar surface area (TPSA) is 85.0 Å². The van der Waals surface area contributed by atoms with Crippen LogP contribution in [0.5, 0.6) is 11.5 Å². The number of anilines is 4. The Kier molecular flexibility index (Phi) is 5.12. The van der Waals surface area contributed by atoms with Gasteiger partial charge in [0.25, 0.3) is 5.91 Å². The molecule has 2 N–H and O–H groups in total. The molecule has 9 heteroatoms. The SMILES string of the molecule is O=C(Nc1ccc2c(c1)OCO2)c1csc(Nc2ccc(N3CCOCC3)cc2)n1. The maximum atomic E-state index is 12.5. The van der Waals surface area contributed by atoms with E-state index in [9.17, 15) is 4.79 Å². The first-order valence-electron chi connectivity index (χ1n) is 9.61. The number of nitrogens with one attached hydrogen (secondary N) is 2. The number of carbonyl (C=O) groups excluding carboxylic acids is 1. The molecule has 1 aromatic heterocycles. The van der Waals surface area contributed by atoms with E-state index in [4.69, 9.17) is 14.2 Å². The van der Waals surface area contributed by atoms with E-state index < -0.39 is 0 Å². The summed E-state index contributed by atoms with van der Waals surface area (Å²) in [6.45, 7) is 3.52. The zero-order chi connectivity index (χ0) is 20.3. The van der Waals surface area contributed by atoms with E-state index in [2.05, 4.69) is 32.7 Å². The Balaban J connectivity index is 1.21. The quantitative estimate of drug-likeness (QED) is 0.646. The first kappa shape index (κ1) is 18.7. The van der Waals surface area contributed by atoms with E-state index >= 15 is 0 Å². The number of nitrogens with zero attached hydrogens (tertiary/aromatic N) is 2. The number of thiazole rings is 1. The van der Waals surface area contributed by atoms with Crippen LogP contribution in [0, 0.1) is 0 Å². The summed E-state index contributed by atoms with van der Waals surface area (Å²) < 4.78 is 16.0. The first-order chi connectivity index (χ1) is 14.7. The standard InChI is InChI=1S/C21H20N4O4S/c26-20(22-15-3-6-18-19(11-15)29-13-28-18)17-12-30-21(24-17)23-14-1-4-16(5-2-14)25-7-9-27-10-8-25/h1-6,11-12H,7-10,13H2,(H,22,26)(H,23,24). The van der Waals surface area contributed by atoms with E-state index in [1.807, 2.05) is 12.1 Å². The molecule has 1 saturated heterocycles. The molecule has 3 heterocycles. The zero-order valence-electron chi connectivity index (χ0n) is 16.1. The van der Waals surface area contributed by atoms with Crippen molar-refractivity contribution in [2.24, 2.45) is 0 Å². The van der Waals surface area contributed by atoms with Crippen LogP contribution in [0.1, 0.15) is 10.5 Å². The lowest BCUT2D eigenvalue weighted by molar-refractivity contribution is 0.102. The highest BCUT2D eigenvalue weighted by molar-refractivity contribution is 7.14. The summed E-state index contributed by atoms with van der Waals surface area (Å²) in [4.78, 5) is 19.2. The highest BCUT2D eigenvalue weighted by atomic mass is 32.1. The second kappa shape index (κ2) is 8.21. The van der Waals surface area contributed by atoms with Gasteiger partial charge in [-0.2, -0.15) is 0 Å². The van der Waals surface area contributed by atoms with Gasteiger partial charge in [-0.3, -0.25) is 4.79 Å². The Hall–Kier alpha value is -3.30. The fourth-order valence-corrected chi connectivity index (χ4v) is 4.02. The van der Waals surface area contributed by atoms with Gasteiger partial charge in [0.1, 0.15) is 5.69 Å². The van der Waals surface area contributed by atoms with Gasteiger partial charge in [-0.05, 0) is 36.4 Å². The Labute approximate surface area is 177 Å². The zero-order valence-corrected chi connectivity index (χ0v) is 16.9. The van der Waals surface area contributed by atoms with Crippen LogP contribution in [-0.4, -0.2) is 44.0 Å². The van der Waals surface area contributed by atoms with Crippen molar-refractivity contribution in [3.8, 4) is 11.5 Å². The Morgan fingerprint density at radius 3 is 2.60 bits per heavy atom. The second-order valence-electron chi connectivity index (χ2n) is 6.83. The summed E-state index contributed by atoms with van der Waals surface area (Å²) >= 11 is 1.38. The van der Waals surface area contributed by atoms with Gasteiger partial charge in [0.2, 0.25) is 6.79 Å². The average molecular weight is 424 g/mol. The number of amides is 1. The molecule has 2 aliphatic rings. The van der Waals surface area contributed by atoms with Crippen LogP contribution in [-0.2, 0) is 4.74 Å². The molecule has 0 saturated carbocycles. The van der Waals surface area contributed by atoms with Gasteiger partial charge < -0.3 is 29.7 Å². The van der Waals surface area contributed by atoms with Gasteiger partial charge >= 0.3 is 0 Å². The normalized spacial score (nSPS) is 15.1. The summed E-state index contributed by atoms with van der Waals surface area (Å²) in [7, 11) is 0. The van der Waals surface area contributed by atoms with Crippen LogP contribution in [0.15, 0.2) is 47.8 Å². The number of hydrogen-bond acceptors (Lipinski definition) is 8. The summed E-state index contributed by atoms with van der Waals surface area (Å²) in [5.74, 6) is 1.02. The number of fused-ring (bicyclic) bond motifs is 1. The number of benzene rings is 2. The van der Waals surface area contributed by atoms with Crippen molar-refractivity contribution in [3.05, 3.63) is 53.5 Å². The minimum atomic E-state index is -0.277. The fraction of sp³-hybridized carbons (Fsp3) is 0.238. The minimum Gasteiger partial charge on any atom is -0.454 e. The maximum Gasteiger partial charge on any atom is 0.275 e. The van der Waals surface area contributed by atoms with Gasteiger partial charge in [0.15, 0.2) is 16.6 Å². The number of morpholine rings is 1. The molecule has 0 aliphatic carbocycles. The third-order valence-electron chi connectivity index (χ3n) is 4.86. The van der Waals surface area contributed by atoms with Gasteiger partial charge in [0.05, 0.1) is 13.2 Å². The highest BCUT2D eigenvalue weighted by Crippen LogP contribution is 2.34. The third-order valence-corrected chi connectivity index (χ3v) is 5.62. The molecule has 1 fully saturated rings. The van der Waals surface area contributed by atoms with Crippen LogP contribution in [0.3, 0.4) is 0 Å². The van der Waals surface area contributed by atoms with Crippen molar-refractivity contribution in [1.82, 2.24) is 4.98 Å². The molecular weight excluding hydrogens is 404 g/mol. The van der Waals surface area contributed by atoms with Gasteiger partial charge in [0, 0.05) is 41.6 Å². The molecule has 0 atom stereocenters. The van der Waals surface area contributed by atoms with Crippen molar-refractivity contribution in [3.63, 3.8) is 0 Å². The summed E-state index contributed by atoms with van der Waals surface area (Å²) in [5.41, 5.74) is 3.08. The summed E-state index contributed by atoms with van der Waals surface area (Å²) in [6.07, 6.45) is 0. The van der Waals surface area contributed by atoms with Crippen LogP contribution >= 0.6 is 11.3 Å². The lowest BCUT2D eigenvalue weighted by atomic mass is 10.2. The number of hydrogen-bond donors (Lipinski definition) is 2. The molecule has 0 bridgehead atoms. The summed E-state index contributed by atoms with van der Waals surface area (Å²) in [6, 6.07) is 13.5. The predicted molar refractivity (Wildman–Crippen MR) is 115 cm³/mol. The Morgan fingerprint density at radius 2 is 1.77 bits per heavy atom. The first-order valence-corrected chi connectivity index (χ1v) is 10.5. The summed E-state index contributed by atoms with van der Waals surface area (Å²) in [5, 5.41) is 8.48. The number of ether oxygens (including phenoxy) is 3. The fourth-order valence-electron chi connectivity index (χ4n) is 3.31. The number of carbonyl (C=O) groups is 1. The van der Waals surface area contributed by atoms with E-state index in [-0.39, 0.29) is 12.7 Å². The molecule has 154 valence electrons. The van der Waals surface area contributed by atoms with Gasteiger partial charge in [-0.1, -0.05) is 0 Å². The lowest BCUT2D eigenvalue weighted by Gasteiger charge is -2.28. The molecule has 3 aromatic rings. The Morgan fingerprint density at radius 1 is 1.00 bits per heavy atom. The smallest absolute Gasteiger partial charge is 0.275 e. The molecule has 0 unspecified atom stereocenters. The molecule has 0 spiro atoms. The van der Waals surface area contributed by atoms with Crippen LogP contribution < -0.4 is 25.0 Å². The molecule has 0 radical (unpaired) electrons. The molecule has 1 amide bonds. The molecule has 2 aliphatic heterocycles. The maximum absolute atomic E-state index is 12.5. The van der Waals surface area contributed by atoms with E-state index in [1.165, 1.54) is 17.0 Å². The van der Waals surface area contributed by atoms with E-state index in [1.54, 1.807) is 23.6 Å². The molecule has 8 nitrogen and oxygen atoms in total. The van der Waals surface area contributed by atoms with Crippen molar-refractivity contribution < 1.29 is 19.0 Å². The van der Waals surface area contributed by atoms with Gasteiger partial charge in [-0.15, -0.1) is 11.3 Å². The molecule has 2 aromatic carbocycles. The Bertz CT molecular complexity index is 1050. The number of aromatic nitrogens is 1.